The van der Waals surface area contributed by atoms with Gasteiger partial charge >= 0.3 is 0 Å². The molecule has 0 saturated carbocycles. The molecule has 4 nitrogen and oxygen atoms in total. The highest BCUT2D eigenvalue weighted by atomic mass is 79.9. The lowest BCUT2D eigenvalue weighted by Gasteiger charge is -2.14. The van der Waals surface area contributed by atoms with Crippen LogP contribution in [0.2, 0.25) is 0 Å². The lowest BCUT2D eigenvalue weighted by Crippen LogP contribution is -1.99. The predicted octanol–water partition coefficient (Wildman–Crippen LogP) is 6.87. The molecule has 0 aliphatic carbocycles. The summed E-state index contributed by atoms with van der Waals surface area (Å²) in [6.07, 6.45) is 1.81. The molecule has 0 bridgehead atoms. The lowest BCUT2D eigenvalue weighted by atomic mass is 10.0. The summed E-state index contributed by atoms with van der Waals surface area (Å²) in [7, 11) is 3.21. The molecule has 0 amide bonds. The summed E-state index contributed by atoms with van der Waals surface area (Å²) in [5, 5.41) is 9.63. The Balaban J connectivity index is 1.87. The number of methoxy groups -OCH3 is 2. The summed E-state index contributed by atoms with van der Waals surface area (Å²) in [6.45, 7) is 0.409. The Kier molecular flexibility index (Phi) is 7.56. The first-order chi connectivity index (χ1) is 14.5. The number of rotatable bonds is 7. The fourth-order valence-electron chi connectivity index (χ4n) is 2.82. The molecule has 0 unspecified atom stereocenters. The van der Waals surface area contributed by atoms with E-state index >= 15 is 0 Å². The third kappa shape index (κ3) is 5.44. The van der Waals surface area contributed by atoms with Crippen LogP contribution in [0.25, 0.3) is 11.6 Å². The van der Waals surface area contributed by atoms with Crippen LogP contribution in [0.3, 0.4) is 0 Å². The Bertz CT molecular complexity index is 1090. The number of allylic oxidation sites excluding steroid dienone is 1. The Morgan fingerprint density at radius 2 is 1.67 bits per heavy atom. The third-order valence-corrected chi connectivity index (χ3v) is 5.50. The number of benzene rings is 3. The van der Waals surface area contributed by atoms with Gasteiger partial charge in [-0.05, 0) is 87.2 Å². The molecule has 30 heavy (non-hydrogen) atoms. The van der Waals surface area contributed by atoms with E-state index < -0.39 is 0 Å². The van der Waals surface area contributed by atoms with E-state index in [0.717, 1.165) is 31.4 Å². The monoisotopic (exact) mass is 527 g/mol. The van der Waals surface area contributed by atoms with Gasteiger partial charge in [0.05, 0.1) is 30.3 Å². The minimum absolute atomic E-state index is 0.409. The van der Waals surface area contributed by atoms with Gasteiger partial charge in [0, 0.05) is 4.47 Å². The highest BCUT2D eigenvalue weighted by molar-refractivity contribution is 9.10. The van der Waals surface area contributed by atoms with Crippen LogP contribution < -0.4 is 14.2 Å². The zero-order chi connectivity index (χ0) is 21.5. The number of hydrogen-bond acceptors (Lipinski definition) is 4. The number of hydrogen-bond donors (Lipinski definition) is 0. The standard InChI is InChI=1S/C24H19Br2NO3/c1-28-21-9-5-18(6-10-21)19(14-27)11-17-12-22(26)24(23(13-17)29-2)30-15-16-3-7-20(25)8-4-16/h3-13H,15H2,1-2H3/b19-11+. The molecule has 0 saturated heterocycles. The molecule has 0 spiro atoms. The molecule has 152 valence electrons. The minimum atomic E-state index is 0.409. The average molecular weight is 529 g/mol. The van der Waals surface area contributed by atoms with Crippen LogP contribution >= 0.6 is 31.9 Å². The predicted molar refractivity (Wildman–Crippen MR) is 126 cm³/mol. The second kappa shape index (κ2) is 10.3. The molecular weight excluding hydrogens is 510 g/mol. The van der Waals surface area contributed by atoms with Crippen molar-refractivity contribution in [3.05, 3.63) is 86.3 Å². The van der Waals surface area contributed by atoms with Crippen LogP contribution in [0.15, 0.2) is 69.6 Å². The van der Waals surface area contributed by atoms with Crippen molar-refractivity contribution in [2.24, 2.45) is 0 Å². The number of halogens is 2. The van der Waals surface area contributed by atoms with Gasteiger partial charge in [-0.3, -0.25) is 0 Å². The van der Waals surface area contributed by atoms with Gasteiger partial charge in [0.25, 0.3) is 0 Å². The van der Waals surface area contributed by atoms with Crippen LogP contribution in [-0.4, -0.2) is 14.2 Å². The van der Waals surface area contributed by atoms with E-state index in [9.17, 15) is 5.26 Å². The van der Waals surface area contributed by atoms with Gasteiger partial charge in [-0.2, -0.15) is 5.26 Å². The van der Waals surface area contributed by atoms with Crippen LogP contribution in [0.5, 0.6) is 17.2 Å². The van der Waals surface area contributed by atoms with Gasteiger partial charge in [-0.25, -0.2) is 0 Å². The Labute approximate surface area is 193 Å². The van der Waals surface area contributed by atoms with E-state index in [0.29, 0.717) is 23.7 Å². The molecule has 0 aromatic heterocycles. The van der Waals surface area contributed by atoms with E-state index in [1.54, 1.807) is 14.2 Å². The molecule has 3 aromatic carbocycles. The fraction of sp³-hybridized carbons (Fsp3) is 0.125. The zero-order valence-corrected chi connectivity index (χ0v) is 19.7. The Morgan fingerprint density at radius 1 is 0.967 bits per heavy atom. The van der Waals surface area contributed by atoms with Crippen molar-refractivity contribution in [2.75, 3.05) is 14.2 Å². The number of ether oxygens (including phenoxy) is 3. The van der Waals surface area contributed by atoms with Crippen molar-refractivity contribution in [1.82, 2.24) is 0 Å². The molecule has 0 heterocycles. The summed E-state index contributed by atoms with van der Waals surface area (Å²) in [4.78, 5) is 0. The largest absolute Gasteiger partial charge is 0.497 e. The van der Waals surface area contributed by atoms with E-state index in [1.807, 2.05) is 66.7 Å². The van der Waals surface area contributed by atoms with Crippen molar-refractivity contribution in [2.45, 2.75) is 6.61 Å². The highest BCUT2D eigenvalue weighted by Gasteiger charge is 2.12. The van der Waals surface area contributed by atoms with Crippen molar-refractivity contribution in [3.8, 4) is 23.3 Å². The van der Waals surface area contributed by atoms with Crippen molar-refractivity contribution >= 4 is 43.5 Å². The summed E-state index contributed by atoms with van der Waals surface area (Å²) < 4.78 is 18.5. The van der Waals surface area contributed by atoms with Crippen LogP contribution in [0, 0.1) is 11.3 Å². The van der Waals surface area contributed by atoms with Gasteiger partial charge in [0.2, 0.25) is 0 Å². The van der Waals surface area contributed by atoms with Crippen molar-refractivity contribution in [3.63, 3.8) is 0 Å². The van der Waals surface area contributed by atoms with E-state index in [2.05, 4.69) is 37.9 Å². The maximum Gasteiger partial charge on any atom is 0.175 e. The maximum atomic E-state index is 9.63. The second-order valence-electron chi connectivity index (χ2n) is 6.35. The maximum absolute atomic E-state index is 9.63. The normalized spacial score (nSPS) is 11.0. The summed E-state index contributed by atoms with van der Waals surface area (Å²) in [5.41, 5.74) is 3.21. The summed E-state index contributed by atoms with van der Waals surface area (Å²) in [5.74, 6) is 1.94. The third-order valence-electron chi connectivity index (χ3n) is 4.38. The van der Waals surface area contributed by atoms with Crippen molar-refractivity contribution < 1.29 is 14.2 Å². The molecule has 3 rings (SSSR count). The van der Waals surface area contributed by atoms with Gasteiger partial charge in [-0.15, -0.1) is 0 Å². The van der Waals surface area contributed by atoms with Crippen LogP contribution in [0.4, 0.5) is 0 Å². The van der Waals surface area contributed by atoms with Gasteiger partial charge in [0.1, 0.15) is 12.4 Å². The molecule has 0 aliphatic heterocycles. The molecule has 0 fully saturated rings. The van der Waals surface area contributed by atoms with Gasteiger partial charge in [-0.1, -0.05) is 28.1 Å². The zero-order valence-electron chi connectivity index (χ0n) is 16.5. The SMILES string of the molecule is COc1ccc(/C(C#N)=C/c2cc(Br)c(OCc3ccc(Br)cc3)c(OC)c2)cc1. The quantitative estimate of drug-likeness (QED) is 0.248. The number of nitrogens with zero attached hydrogens (tertiary/aromatic N) is 1. The smallest absolute Gasteiger partial charge is 0.175 e. The molecular formula is C24H19Br2NO3. The molecule has 0 atom stereocenters. The Hall–Kier alpha value is -2.75. The van der Waals surface area contributed by atoms with Gasteiger partial charge in [0.15, 0.2) is 11.5 Å². The highest BCUT2D eigenvalue weighted by Crippen LogP contribution is 2.38. The molecule has 0 N–H and O–H groups in total. The minimum Gasteiger partial charge on any atom is -0.497 e. The molecule has 0 aliphatic rings. The van der Waals surface area contributed by atoms with E-state index in [1.165, 1.54) is 0 Å². The summed E-state index contributed by atoms with van der Waals surface area (Å²) >= 11 is 7.00. The fourth-order valence-corrected chi connectivity index (χ4v) is 3.66. The second-order valence-corrected chi connectivity index (χ2v) is 8.12. The number of nitriles is 1. The van der Waals surface area contributed by atoms with Gasteiger partial charge < -0.3 is 14.2 Å². The molecule has 6 heteroatoms. The average Bonchev–Trinajstić information content (AvgIpc) is 2.77. The first-order valence-corrected chi connectivity index (χ1v) is 10.6. The van der Waals surface area contributed by atoms with Crippen LogP contribution in [0.1, 0.15) is 16.7 Å². The molecule has 0 radical (unpaired) electrons. The lowest BCUT2D eigenvalue weighted by molar-refractivity contribution is 0.282. The topological polar surface area (TPSA) is 51.5 Å². The van der Waals surface area contributed by atoms with E-state index in [-0.39, 0.29) is 0 Å². The first-order valence-electron chi connectivity index (χ1n) is 9.05. The first kappa shape index (κ1) is 21.9. The summed E-state index contributed by atoms with van der Waals surface area (Å²) in [6, 6.07) is 21.3. The Morgan fingerprint density at radius 3 is 2.27 bits per heavy atom. The van der Waals surface area contributed by atoms with E-state index in [4.69, 9.17) is 14.2 Å². The van der Waals surface area contributed by atoms with Crippen LogP contribution in [-0.2, 0) is 6.61 Å². The van der Waals surface area contributed by atoms with Crippen molar-refractivity contribution in [1.29, 1.82) is 5.26 Å². The molecule has 3 aromatic rings.